The summed E-state index contributed by atoms with van der Waals surface area (Å²) in [4.78, 5) is 33.5. The number of nitrogens with one attached hydrogen (secondary N) is 1. The van der Waals surface area contributed by atoms with Crippen LogP contribution >= 0.6 is 11.8 Å². The highest BCUT2D eigenvalue weighted by molar-refractivity contribution is 8.00. The molecule has 2 N–H and O–H groups in total. The van der Waals surface area contributed by atoms with Crippen LogP contribution < -0.4 is 10.3 Å². The number of hydrogen-bond donors (Lipinski definition) is 2. The van der Waals surface area contributed by atoms with Gasteiger partial charge in [-0.25, -0.2) is 9.55 Å². The van der Waals surface area contributed by atoms with E-state index in [9.17, 15) is 14.7 Å². The topological polar surface area (TPSA) is 97.2 Å². The van der Waals surface area contributed by atoms with Crippen LogP contribution in [-0.4, -0.2) is 38.0 Å². The molecule has 4 aromatic rings. The quantitative estimate of drug-likeness (QED) is 0.309. The van der Waals surface area contributed by atoms with Crippen LogP contribution in [0.4, 0.5) is 0 Å². The second-order valence-corrected chi connectivity index (χ2v) is 8.36. The molecule has 8 heteroatoms. The number of carbonyl (C=O) groups is 1. The third kappa shape index (κ3) is 3.90. The Morgan fingerprint density at radius 1 is 1.23 bits per heavy atom. The minimum atomic E-state index is -0.918. The van der Waals surface area contributed by atoms with Crippen LogP contribution in [-0.2, 0) is 4.79 Å². The fraction of sp³-hybridized carbons (Fsp3) is 0.261. The molecule has 0 aliphatic rings. The summed E-state index contributed by atoms with van der Waals surface area (Å²) in [5.41, 5.74) is 1.93. The number of carboxylic acids is 1. The highest BCUT2D eigenvalue weighted by Gasteiger charge is 2.25. The molecule has 0 spiro atoms. The van der Waals surface area contributed by atoms with Gasteiger partial charge in [0.1, 0.15) is 22.0 Å². The first-order valence-electron chi connectivity index (χ1n) is 10.1. The number of para-hydroxylation sites is 3. The number of benzene rings is 2. The Kier molecular flexibility index (Phi) is 5.99. The van der Waals surface area contributed by atoms with Crippen LogP contribution in [0, 0.1) is 0 Å². The number of unbranched alkanes of at least 4 members (excludes halogenated alkanes) is 1. The van der Waals surface area contributed by atoms with Crippen LogP contribution in [0.15, 0.2) is 58.5 Å². The molecule has 0 amide bonds. The van der Waals surface area contributed by atoms with E-state index in [2.05, 4.69) is 4.98 Å². The molecule has 0 saturated carbocycles. The summed E-state index contributed by atoms with van der Waals surface area (Å²) >= 11 is 1.10. The fourth-order valence-electron chi connectivity index (χ4n) is 3.60. The van der Waals surface area contributed by atoms with E-state index in [0.717, 1.165) is 35.5 Å². The Balaban J connectivity index is 2.00. The van der Waals surface area contributed by atoms with Crippen molar-refractivity contribution in [1.29, 1.82) is 0 Å². The summed E-state index contributed by atoms with van der Waals surface area (Å²) in [6, 6.07) is 14.7. The summed E-state index contributed by atoms with van der Waals surface area (Å²) in [5.74, 6) is -0.414. The molecule has 2 aromatic heterocycles. The summed E-state index contributed by atoms with van der Waals surface area (Å²) in [7, 11) is 1.53. The number of aliphatic carboxylic acids is 1. The molecule has 0 saturated heterocycles. The predicted molar refractivity (Wildman–Crippen MR) is 123 cm³/mol. The van der Waals surface area contributed by atoms with Gasteiger partial charge in [0.15, 0.2) is 5.16 Å². The van der Waals surface area contributed by atoms with Gasteiger partial charge in [0.25, 0.3) is 5.56 Å². The van der Waals surface area contributed by atoms with E-state index in [1.165, 1.54) is 11.7 Å². The van der Waals surface area contributed by atoms with Gasteiger partial charge in [-0.3, -0.25) is 9.59 Å². The molecule has 0 fully saturated rings. The van der Waals surface area contributed by atoms with Gasteiger partial charge in [-0.2, -0.15) is 0 Å². The summed E-state index contributed by atoms with van der Waals surface area (Å²) < 4.78 is 6.92. The summed E-state index contributed by atoms with van der Waals surface area (Å²) in [6.07, 6.45) is 2.15. The van der Waals surface area contributed by atoms with E-state index in [1.54, 1.807) is 18.2 Å². The van der Waals surface area contributed by atoms with Gasteiger partial charge in [0.2, 0.25) is 0 Å². The molecule has 1 atom stereocenters. The molecular weight excluding hydrogens is 414 g/mol. The first-order valence-corrected chi connectivity index (χ1v) is 11.0. The molecule has 2 heterocycles. The molecule has 1 unspecified atom stereocenters. The first kappa shape index (κ1) is 21.0. The average molecular weight is 438 g/mol. The minimum Gasteiger partial charge on any atom is -0.495 e. The van der Waals surface area contributed by atoms with Crippen LogP contribution in [0.2, 0.25) is 0 Å². The zero-order valence-corrected chi connectivity index (χ0v) is 18.1. The van der Waals surface area contributed by atoms with Crippen molar-refractivity contribution in [3.8, 4) is 11.4 Å². The lowest BCUT2D eigenvalue weighted by Crippen LogP contribution is -2.25. The largest absolute Gasteiger partial charge is 0.495 e. The number of thioether (sulfide) groups is 1. The lowest BCUT2D eigenvalue weighted by Gasteiger charge is -2.17. The lowest BCUT2D eigenvalue weighted by molar-refractivity contribution is -0.136. The van der Waals surface area contributed by atoms with Gasteiger partial charge in [-0.1, -0.05) is 61.9 Å². The van der Waals surface area contributed by atoms with Gasteiger partial charge in [0, 0.05) is 10.9 Å². The second kappa shape index (κ2) is 8.85. The molecule has 4 rings (SSSR count). The van der Waals surface area contributed by atoms with E-state index in [1.807, 2.05) is 37.3 Å². The molecule has 31 heavy (non-hydrogen) atoms. The maximum atomic E-state index is 13.6. The smallest absolute Gasteiger partial charge is 0.317 e. The van der Waals surface area contributed by atoms with Gasteiger partial charge < -0.3 is 14.8 Å². The first-order chi connectivity index (χ1) is 15.0. The molecule has 0 aliphatic heterocycles. The molecule has 7 nitrogen and oxygen atoms in total. The number of methoxy groups -OCH3 is 1. The lowest BCUT2D eigenvalue weighted by atomic mass is 10.2. The SMILES string of the molecule is CCCCC(Sc1nc2c([nH]c3ccccc32)c(=O)n1-c1ccccc1OC)C(=O)O. The molecule has 0 radical (unpaired) electrons. The third-order valence-corrected chi connectivity index (χ3v) is 6.37. The van der Waals surface area contributed by atoms with E-state index in [-0.39, 0.29) is 5.56 Å². The highest BCUT2D eigenvalue weighted by atomic mass is 32.2. The van der Waals surface area contributed by atoms with E-state index >= 15 is 0 Å². The Morgan fingerprint density at radius 2 is 1.97 bits per heavy atom. The van der Waals surface area contributed by atoms with Gasteiger partial charge in [0.05, 0.1) is 12.8 Å². The second-order valence-electron chi connectivity index (χ2n) is 7.19. The zero-order valence-electron chi connectivity index (χ0n) is 17.3. The van der Waals surface area contributed by atoms with Gasteiger partial charge >= 0.3 is 5.97 Å². The molecule has 0 aliphatic carbocycles. The van der Waals surface area contributed by atoms with Gasteiger partial charge in [-0.15, -0.1) is 0 Å². The van der Waals surface area contributed by atoms with Crippen molar-refractivity contribution in [3.05, 3.63) is 58.9 Å². The third-order valence-electron chi connectivity index (χ3n) is 5.16. The van der Waals surface area contributed by atoms with Crippen molar-refractivity contribution in [2.24, 2.45) is 0 Å². The van der Waals surface area contributed by atoms with Gasteiger partial charge in [-0.05, 0) is 24.6 Å². The number of ether oxygens (including phenoxy) is 1. The van der Waals surface area contributed by atoms with E-state index in [0.29, 0.717) is 34.0 Å². The Hall–Kier alpha value is -3.26. The van der Waals surface area contributed by atoms with E-state index < -0.39 is 11.2 Å². The van der Waals surface area contributed by atoms with Crippen LogP contribution in [0.3, 0.4) is 0 Å². The number of aromatic amines is 1. The number of fused-ring (bicyclic) bond motifs is 3. The average Bonchev–Trinajstić information content (AvgIpc) is 3.15. The maximum absolute atomic E-state index is 13.6. The van der Waals surface area contributed by atoms with Crippen molar-refractivity contribution in [1.82, 2.24) is 14.5 Å². The zero-order chi connectivity index (χ0) is 22.0. The minimum absolute atomic E-state index is 0.298. The number of aromatic nitrogens is 3. The number of nitrogens with zero attached hydrogens (tertiary/aromatic N) is 2. The van der Waals surface area contributed by atoms with Crippen LogP contribution in [0.25, 0.3) is 27.6 Å². The van der Waals surface area contributed by atoms with Crippen molar-refractivity contribution < 1.29 is 14.6 Å². The number of carboxylic acid groups (broad SMARTS) is 1. The highest BCUT2D eigenvalue weighted by Crippen LogP contribution is 2.32. The Morgan fingerprint density at radius 3 is 2.71 bits per heavy atom. The monoisotopic (exact) mass is 437 g/mol. The maximum Gasteiger partial charge on any atom is 0.317 e. The Labute approximate surface area is 183 Å². The Bertz CT molecular complexity index is 1310. The summed E-state index contributed by atoms with van der Waals surface area (Å²) in [6.45, 7) is 2.02. The number of H-pyrrole nitrogens is 1. The number of hydrogen-bond acceptors (Lipinski definition) is 5. The fourth-order valence-corrected chi connectivity index (χ4v) is 4.67. The van der Waals surface area contributed by atoms with Crippen molar-refractivity contribution in [2.45, 2.75) is 36.6 Å². The van der Waals surface area contributed by atoms with Crippen LogP contribution in [0.5, 0.6) is 5.75 Å². The normalized spacial score (nSPS) is 12.3. The molecule has 0 bridgehead atoms. The van der Waals surface area contributed by atoms with Crippen molar-refractivity contribution >= 4 is 39.7 Å². The van der Waals surface area contributed by atoms with Crippen molar-refractivity contribution in [2.75, 3.05) is 7.11 Å². The predicted octanol–water partition coefficient (Wildman–Crippen LogP) is 4.61. The summed E-state index contributed by atoms with van der Waals surface area (Å²) in [5, 5.41) is 10.2. The van der Waals surface area contributed by atoms with Crippen LogP contribution in [0.1, 0.15) is 26.2 Å². The molecule has 2 aromatic carbocycles. The standard InChI is InChI=1S/C23H23N3O4S/c1-3-4-13-18(22(28)29)31-23-25-19-14-9-5-6-10-15(14)24-20(19)21(27)26(23)16-11-7-8-12-17(16)30-2/h5-12,18,24H,3-4,13H2,1-2H3,(H,28,29). The molecular formula is C23H23N3O4S. The number of rotatable bonds is 8. The van der Waals surface area contributed by atoms with Crippen molar-refractivity contribution in [3.63, 3.8) is 0 Å². The van der Waals surface area contributed by atoms with E-state index in [4.69, 9.17) is 9.72 Å². The molecule has 160 valence electrons.